The lowest BCUT2D eigenvalue weighted by molar-refractivity contribution is -0.137. The zero-order chi connectivity index (χ0) is 20.3. The molecule has 2 aromatic rings. The third-order valence-electron chi connectivity index (χ3n) is 4.48. The fraction of sp³-hybridized carbons (Fsp3) is 0.389. The van der Waals surface area contributed by atoms with Crippen molar-refractivity contribution in [3.8, 4) is 5.69 Å². The number of primary amides is 1. The van der Waals surface area contributed by atoms with E-state index in [0.29, 0.717) is 6.54 Å². The first-order valence-corrected chi connectivity index (χ1v) is 8.77. The highest BCUT2D eigenvalue weighted by molar-refractivity contribution is 5.92. The standard InChI is InChI=1S/C18H20F3N5O2/c19-18(20,21)12-3-1-5-14(9-12)26-8-6-15(24-26)17(28)23-13-4-2-7-25(10-13)11-16(22)27/h1,3,5-6,8-9,13H,2,4,7,10-11H2,(H2,22,27)(H,23,28). The van der Waals surface area contributed by atoms with E-state index in [9.17, 15) is 22.8 Å². The topological polar surface area (TPSA) is 93.3 Å². The molecule has 150 valence electrons. The minimum atomic E-state index is -4.46. The molecule has 1 aromatic heterocycles. The van der Waals surface area contributed by atoms with Crippen molar-refractivity contribution >= 4 is 11.8 Å². The molecule has 10 heteroatoms. The molecule has 3 N–H and O–H groups in total. The van der Waals surface area contributed by atoms with Gasteiger partial charge in [0.15, 0.2) is 5.69 Å². The normalized spacial score (nSPS) is 18.0. The Kier molecular flexibility index (Phi) is 5.68. The summed E-state index contributed by atoms with van der Waals surface area (Å²) < 4.78 is 39.8. The molecule has 1 aliphatic heterocycles. The number of rotatable bonds is 5. The molecule has 0 spiro atoms. The molecule has 1 atom stereocenters. The highest BCUT2D eigenvalue weighted by Gasteiger charge is 2.30. The number of likely N-dealkylation sites (tertiary alicyclic amines) is 1. The molecule has 0 bridgehead atoms. The average molecular weight is 395 g/mol. The summed E-state index contributed by atoms with van der Waals surface area (Å²) in [4.78, 5) is 25.4. The highest BCUT2D eigenvalue weighted by Crippen LogP contribution is 2.30. The number of hydrogen-bond acceptors (Lipinski definition) is 4. The Labute approximate surface area is 159 Å². The Hall–Kier alpha value is -2.88. The second kappa shape index (κ2) is 8.01. The summed E-state index contributed by atoms with van der Waals surface area (Å²) in [5.41, 5.74) is 4.73. The molecule has 1 aliphatic rings. The smallest absolute Gasteiger partial charge is 0.369 e. The lowest BCUT2D eigenvalue weighted by Gasteiger charge is -2.32. The van der Waals surface area contributed by atoms with Crippen LogP contribution in [0.3, 0.4) is 0 Å². The number of halogens is 3. The molecule has 3 rings (SSSR count). The van der Waals surface area contributed by atoms with Crippen LogP contribution in [0.25, 0.3) is 5.69 Å². The Morgan fingerprint density at radius 1 is 1.29 bits per heavy atom. The van der Waals surface area contributed by atoms with Crippen molar-refractivity contribution in [2.45, 2.75) is 25.1 Å². The zero-order valence-electron chi connectivity index (χ0n) is 14.9. The molecular formula is C18H20F3N5O2. The highest BCUT2D eigenvalue weighted by atomic mass is 19.4. The van der Waals surface area contributed by atoms with Crippen LogP contribution in [0, 0.1) is 0 Å². The van der Waals surface area contributed by atoms with Gasteiger partial charge in [-0.2, -0.15) is 18.3 Å². The van der Waals surface area contributed by atoms with Crippen molar-refractivity contribution in [1.29, 1.82) is 0 Å². The van der Waals surface area contributed by atoms with Crippen LogP contribution in [0.5, 0.6) is 0 Å². The first kappa shape index (κ1) is 19.9. The molecule has 1 unspecified atom stereocenters. The van der Waals surface area contributed by atoms with Crippen LogP contribution >= 0.6 is 0 Å². The number of nitrogens with one attached hydrogen (secondary N) is 1. The largest absolute Gasteiger partial charge is 0.416 e. The van der Waals surface area contributed by atoms with Crippen LogP contribution in [0.4, 0.5) is 13.2 Å². The van der Waals surface area contributed by atoms with Gasteiger partial charge in [-0.3, -0.25) is 14.5 Å². The molecular weight excluding hydrogens is 375 g/mol. The molecule has 2 heterocycles. The maximum Gasteiger partial charge on any atom is 0.416 e. The first-order chi connectivity index (χ1) is 13.2. The number of nitrogens with two attached hydrogens (primary N) is 1. The minimum Gasteiger partial charge on any atom is -0.369 e. The van der Waals surface area contributed by atoms with Crippen LogP contribution < -0.4 is 11.1 Å². The summed E-state index contributed by atoms with van der Waals surface area (Å²) in [6.45, 7) is 1.37. The predicted molar refractivity (Wildman–Crippen MR) is 94.7 cm³/mol. The number of carbonyl (C=O) groups excluding carboxylic acids is 2. The summed E-state index contributed by atoms with van der Waals surface area (Å²) in [5, 5.41) is 6.94. The number of benzene rings is 1. The Morgan fingerprint density at radius 3 is 2.79 bits per heavy atom. The molecule has 1 saturated heterocycles. The van der Waals surface area contributed by atoms with E-state index in [1.807, 2.05) is 4.90 Å². The summed E-state index contributed by atoms with van der Waals surface area (Å²) >= 11 is 0. The third-order valence-corrected chi connectivity index (χ3v) is 4.48. The number of carbonyl (C=O) groups is 2. The Morgan fingerprint density at radius 2 is 2.07 bits per heavy atom. The fourth-order valence-corrected chi connectivity index (χ4v) is 3.21. The summed E-state index contributed by atoms with van der Waals surface area (Å²) in [6.07, 6.45) is -1.45. The van der Waals surface area contributed by atoms with Gasteiger partial charge in [0.05, 0.1) is 17.8 Å². The van der Waals surface area contributed by atoms with Gasteiger partial charge in [-0.1, -0.05) is 6.07 Å². The van der Waals surface area contributed by atoms with Crippen molar-refractivity contribution in [2.75, 3.05) is 19.6 Å². The van der Waals surface area contributed by atoms with E-state index in [1.54, 1.807) is 0 Å². The van der Waals surface area contributed by atoms with Crippen LogP contribution in [-0.4, -0.2) is 52.2 Å². The van der Waals surface area contributed by atoms with Gasteiger partial charge in [0, 0.05) is 18.8 Å². The van der Waals surface area contributed by atoms with E-state index in [1.165, 1.54) is 29.1 Å². The van der Waals surface area contributed by atoms with E-state index in [0.717, 1.165) is 31.5 Å². The van der Waals surface area contributed by atoms with Gasteiger partial charge in [-0.15, -0.1) is 0 Å². The molecule has 0 saturated carbocycles. The van der Waals surface area contributed by atoms with E-state index in [2.05, 4.69) is 10.4 Å². The third kappa shape index (κ3) is 4.89. The monoisotopic (exact) mass is 395 g/mol. The first-order valence-electron chi connectivity index (χ1n) is 8.77. The molecule has 0 radical (unpaired) electrons. The van der Waals surface area contributed by atoms with Crippen LogP contribution in [0.1, 0.15) is 28.9 Å². The Balaban J connectivity index is 1.67. The van der Waals surface area contributed by atoms with Gasteiger partial charge in [0.1, 0.15) is 0 Å². The van der Waals surface area contributed by atoms with Crippen molar-refractivity contribution in [1.82, 2.24) is 20.0 Å². The second-order valence-corrected chi connectivity index (χ2v) is 6.71. The van der Waals surface area contributed by atoms with Crippen molar-refractivity contribution in [3.63, 3.8) is 0 Å². The van der Waals surface area contributed by atoms with E-state index >= 15 is 0 Å². The molecule has 7 nitrogen and oxygen atoms in total. The summed E-state index contributed by atoms with van der Waals surface area (Å²) in [5.74, 6) is -0.844. The zero-order valence-corrected chi connectivity index (χ0v) is 14.9. The molecule has 0 aliphatic carbocycles. The van der Waals surface area contributed by atoms with Crippen molar-refractivity contribution < 1.29 is 22.8 Å². The SMILES string of the molecule is NC(=O)CN1CCCC(NC(=O)c2ccn(-c3cccc(C(F)(F)F)c3)n2)C1. The Bertz CT molecular complexity index is 865. The van der Waals surface area contributed by atoms with Gasteiger partial charge in [-0.25, -0.2) is 4.68 Å². The van der Waals surface area contributed by atoms with Gasteiger partial charge in [-0.05, 0) is 43.7 Å². The number of piperidine rings is 1. The minimum absolute atomic E-state index is 0.101. The second-order valence-electron chi connectivity index (χ2n) is 6.71. The predicted octanol–water partition coefficient (Wildman–Crippen LogP) is 1.57. The molecule has 2 amide bonds. The lowest BCUT2D eigenvalue weighted by Crippen LogP contribution is -2.49. The van der Waals surface area contributed by atoms with E-state index in [-0.39, 0.29) is 24.0 Å². The van der Waals surface area contributed by atoms with Gasteiger partial charge < -0.3 is 11.1 Å². The van der Waals surface area contributed by atoms with Crippen LogP contribution in [-0.2, 0) is 11.0 Å². The maximum atomic E-state index is 12.9. The number of aromatic nitrogens is 2. The van der Waals surface area contributed by atoms with Crippen molar-refractivity contribution in [3.05, 3.63) is 47.8 Å². The molecule has 1 aromatic carbocycles. The van der Waals surface area contributed by atoms with E-state index < -0.39 is 23.6 Å². The van der Waals surface area contributed by atoms with Gasteiger partial charge in [0.2, 0.25) is 5.91 Å². The average Bonchev–Trinajstić information content (AvgIpc) is 3.11. The number of amides is 2. The van der Waals surface area contributed by atoms with E-state index in [4.69, 9.17) is 5.73 Å². The number of hydrogen-bond donors (Lipinski definition) is 2. The van der Waals surface area contributed by atoms with Crippen LogP contribution in [0.15, 0.2) is 36.5 Å². The fourth-order valence-electron chi connectivity index (χ4n) is 3.21. The van der Waals surface area contributed by atoms with Gasteiger partial charge >= 0.3 is 6.18 Å². The molecule has 28 heavy (non-hydrogen) atoms. The quantitative estimate of drug-likeness (QED) is 0.804. The van der Waals surface area contributed by atoms with Crippen LogP contribution in [0.2, 0.25) is 0 Å². The lowest BCUT2D eigenvalue weighted by atomic mass is 10.1. The van der Waals surface area contributed by atoms with Crippen molar-refractivity contribution in [2.24, 2.45) is 5.73 Å². The number of alkyl halides is 3. The number of nitrogens with zero attached hydrogens (tertiary/aromatic N) is 3. The molecule has 1 fully saturated rings. The maximum absolute atomic E-state index is 12.9. The summed E-state index contributed by atoms with van der Waals surface area (Å²) in [6, 6.07) is 6.00. The summed E-state index contributed by atoms with van der Waals surface area (Å²) in [7, 11) is 0. The van der Waals surface area contributed by atoms with Gasteiger partial charge in [0.25, 0.3) is 5.91 Å².